The Bertz CT molecular complexity index is 1250. The summed E-state index contributed by atoms with van der Waals surface area (Å²) in [5.41, 5.74) is 0. The number of carbonyl (C=O) groups excluding carboxylic acids is 2. The topological polar surface area (TPSA) is 111 Å². The van der Waals surface area contributed by atoms with Gasteiger partial charge in [0.15, 0.2) is 6.10 Å². The van der Waals surface area contributed by atoms with Gasteiger partial charge >= 0.3 is 11.9 Å². The fourth-order valence-electron chi connectivity index (χ4n) is 6.81. The Hall–Kier alpha value is -2.29. The molecule has 0 aromatic carbocycles. The van der Waals surface area contributed by atoms with E-state index in [0.29, 0.717) is 17.4 Å². The van der Waals surface area contributed by atoms with Gasteiger partial charge in [0.2, 0.25) is 0 Å². The van der Waals surface area contributed by atoms with Gasteiger partial charge in [-0.05, 0) is 51.4 Å². The highest BCUT2D eigenvalue weighted by Gasteiger charge is 2.21. The highest BCUT2D eigenvalue weighted by molar-refractivity contribution is 7.45. The molecule has 9 nitrogen and oxygen atoms in total. The minimum Gasteiger partial charge on any atom is -0.756 e. The Morgan fingerprint density at radius 3 is 1.33 bits per heavy atom. The molecule has 10 heteroatoms. The predicted molar refractivity (Wildman–Crippen MR) is 263 cm³/mol. The van der Waals surface area contributed by atoms with Crippen LogP contribution in [-0.2, 0) is 32.7 Å². The number of esters is 2. The number of allylic oxidation sites excluding steroid dienone is 10. The zero-order valence-electron chi connectivity index (χ0n) is 41.3. The van der Waals surface area contributed by atoms with Gasteiger partial charge in [0.1, 0.15) is 19.8 Å². The van der Waals surface area contributed by atoms with Crippen molar-refractivity contribution in [3.63, 3.8) is 0 Å². The van der Waals surface area contributed by atoms with Crippen molar-refractivity contribution in [3.05, 3.63) is 60.8 Å². The highest BCUT2D eigenvalue weighted by atomic mass is 31.2. The number of ether oxygens (including phenoxy) is 2. The van der Waals surface area contributed by atoms with Crippen LogP contribution in [0, 0.1) is 0 Å². The number of hydrogen-bond acceptors (Lipinski definition) is 8. The summed E-state index contributed by atoms with van der Waals surface area (Å²) in [5.74, 6) is -0.925. The molecule has 0 amide bonds. The van der Waals surface area contributed by atoms with Gasteiger partial charge in [-0.15, -0.1) is 0 Å². The molecule has 0 saturated heterocycles. The number of hydrogen-bond donors (Lipinski definition) is 0. The van der Waals surface area contributed by atoms with Crippen LogP contribution in [0.4, 0.5) is 0 Å². The van der Waals surface area contributed by atoms with Crippen LogP contribution in [-0.4, -0.2) is 70.0 Å². The van der Waals surface area contributed by atoms with E-state index >= 15 is 0 Å². The van der Waals surface area contributed by atoms with Crippen LogP contribution in [0.2, 0.25) is 0 Å². The lowest BCUT2D eigenvalue weighted by Crippen LogP contribution is -2.37. The van der Waals surface area contributed by atoms with Crippen molar-refractivity contribution in [1.82, 2.24) is 0 Å². The first kappa shape index (κ1) is 60.7. The third-order valence-electron chi connectivity index (χ3n) is 10.8. The molecule has 2 atom stereocenters. The maximum atomic E-state index is 12.7. The van der Waals surface area contributed by atoms with Crippen molar-refractivity contribution in [3.8, 4) is 0 Å². The van der Waals surface area contributed by atoms with Gasteiger partial charge < -0.3 is 27.9 Å². The van der Waals surface area contributed by atoms with Gasteiger partial charge in [0.05, 0.1) is 27.7 Å². The standard InChI is InChI=1S/C53H96NO8P/c1-6-8-10-12-14-16-18-20-22-24-26-28-29-31-33-35-37-39-41-43-45-52(55)59-49-51(50-61-63(57,58)60-48-47-54(3,4)5)62-53(56)46-44-42-40-38-36-34-32-30-27-25-23-21-19-17-15-13-11-9-7-2/h15,17,21,23,27,30,34,36,40,42,51H,6-14,16,18-20,22,24-26,28-29,31-33,35,37-39,41,43-50H2,1-5H3/b17-15+,23-21+,30-27+,36-34+,42-40+/t51-/m1/s1. The van der Waals surface area contributed by atoms with E-state index in [4.69, 9.17) is 18.5 Å². The van der Waals surface area contributed by atoms with Crippen LogP contribution in [0.25, 0.3) is 0 Å². The second-order valence-corrected chi connectivity index (χ2v) is 19.6. The van der Waals surface area contributed by atoms with Crippen LogP contribution in [0.3, 0.4) is 0 Å². The molecule has 0 saturated carbocycles. The van der Waals surface area contributed by atoms with Crippen molar-refractivity contribution >= 4 is 19.8 Å². The van der Waals surface area contributed by atoms with Crippen molar-refractivity contribution in [2.75, 3.05) is 47.5 Å². The van der Waals surface area contributed by atoms with Crippen LogP contribution in [0.5, 0.6) is 0 Å². The van der Waals surface area contributed by atoms with E-state index in [0.717, 1.165) is 44.9 Å². The smallest absolute Gasteiger partial charge is 0.306 e. The highest BCUT2D eigenvalue weighted by Crippen LogP contribution is 2.38. The summed E-state index contributed by atoms with van der Waals surface area (Å²) < 4.78 is 33.9. The number of quaternary nitrogens is 1. The first-order valence-electron chi connectivity index (χ1n) is 25.5. The molecule has 0 aromatic heterocycles. The molecule has 0 aliphatic carbocycles. The van der Waals surface area contributed by atoms with E-state index in [-0.39, 0.29) is 26.1 Å². The van der Waals surface area contributed by atoms with Crippen LogP contribution in [0.15, 0.2) is 60.8 Å². The molecule has 0 fully saturated rings. The van der Waals surface area contributed by atoms with E-state index < -0.39 is 32.5 Å². The van der Waals surface area contributed by atoms with Crippen LogP contribution >= 0.6 is 7.82 Å². The van der Waals surface area contributed by atoms with Crippen molar-refractivity contribution in [1.29, 1.82) is 0 Å². The lowest BCUT2D eigenvalue weighted by atomic mass is 10.0. The lowest BCUT2D eigenvalue weighted by Gasteiger charge is -2.28. The molecule has 63 heavy (non-hydrogen) atoms. The summed E-state index contributed by atoms with van der Waals surface area (Å²) in [4.78, 5) is 37.7. The maximum absolute atomic E-state index is 12.7. The van der Waals surface area contributed by atoms with E-state index in [1.165, 1.54) is 135 Å². The molecule has 1 unspecified atom stereocenters. The Kier molecular flexibility index (Phi) is 43.3. The van der Waals surface area contributed by atoms with Gasteiger partial charge in [-0.1, -0.05) is 209 Å². The largest absolute Gasteiger partial charge is 0.756 e. The summed E-state index contributed by atoms with van der Waals surface area (Å²) >= 11 is 0. The molecular weight excluding hydrogens is 810 g/mol. The zero-order chi connectivity index (χ0) is 46.4. The molecule has 0 spiro atoms. The van der Waals surface area contributed by atoms with Gasteiger partial charge in [0.25, 0.3) is 7.82 Å². The van der Waals surface area contributed by atoms with E-state index in [1.54, 1.807) is 0 Å². The van der Waals surface area contributed by atoms with Crippen molar-refractivity contribution in [2.45, 2.75) is 219 Å². The van der Waals surface area contributed by atoms with Gasteiger partial charge in [0, 0.05) is 12.8 Å². The van der Waals surface area contributed by atoms with E-state index in [9.17, 15) is 19.0 Å². The number of phosphoric acid groups is 1. The number of carbonyl (C=O) groups is 2. The number of nitrogens with zero attached hydrogens (tertiary/aromatic N) is 1. The average molecular weight is 906 g/mol. The number of phosphoric ester groups is 1. The molecule has 0 bridgehead atoms. The van der Waals surface area contributed by atoms with Gasteiger partial charge in [-0.3, -0.25) is 14.2 Å². The first-order valence-corrected chi connectivity index (χ1v) is 27.0. The number of likely N-dealkylation sites (N-methyl/N-ethyl adjacent to an activating group) is 1. The molecule has 0 heterocycles. The Balaban J connectivity index is 4.36. The molecular formula is C53H96NO8P. The minimum atomic E-state index is -4.65. The quantitative estimate of drug-likeness (QED) is 0.0195. The molecule has 0 aliphatic rings. The second-order valence-electron chi connectivity index (χ2n) is 18.2. The summed E-state index contributed by atoms with van der Waals surface area (Å²) in [6.45, 7) is 4.14. The van der Waals surface area contributed by atoms with Crippen molar-refractivity contribution in [2.24, 2.45) is 0 Å². The van der Waals surface area contributed by atoms with E-state index in [2.05, 4.69) is 62.5 Å². The minimum absolute atomic E-state index is 0.0451. The zero-order valence-corrected chi connectivity index (χ0v) is 42.2. The molecule has 0 rings (SSSR count). The van der Waals surface area contributed by atoms with Gasteiger partial charge in [-0.2, -0.15) is 0 Å². The molecule has 366 valence electrons. The normalized spacial score (nSPS) is 13.9. The maximum Gasteiger partial charge on any atom is 0.306 e. The fraction of sp³-hybridized carbons (Fsp3) is 0.774. The summed E-state index contributed by atoms with van der Waals surface area (Å²) in [5, 5.41) is 0. The van der Waals surface area contributed by atoms with Crippen LogP contribution in [0.1, 0.15) is 213 Å². The molecule has 0 N–H and O–H groups in total. The fourth-order valence-corrected chi connectivity index (χ4v) is 7.54. The Morgan fingerprint density at radius 2 is 0.889 bits per heavy atom. The molecule has 0 radical (unpaired) electrons. The number of rotatable bonds is 46. The third-order valence-corrected chi connectivity index (χ3v) is 11.8. The van der Waals surface area contributed by atoms with Crippen molar-refractivity contribution < 1.29 is 42.1 Å². The van der Waals surface area contributed by atoms with E-state index in [1.807, 2.05) is 33.3 Å². The third kappa shape index (κ3) is 49.0. The monoisotopic (exact) mass is 906 g/mol. The summed E-state index contributed by atoms with van der Waals surface area (Å²) in [6.07, 6.45) is 55.6. The Labute approximate surface area is 387 Å². The van der Waals surface area contributed by atoms with Gasteiger partial charge in [-0.25, -0.2) is 0 Å². The predicted octanol–water partition coefficient (Wildman–Crippen LogP) is 14.6. The molecule has 0 aromatic rings. The van der Waals surface area contributed by atoms with Crippen LogP contribution < -0.4 is 4.89 Å². The Morgan fingerprint density at radius 1 is 0.492 bits per heavy atom. The number of unbranched alkanes of at least 4 members (excludes halogenated alkanes) is 22. The SMILES string of the molecule is CCCCC/C=C/C/C=C/C/C=C/C/C=C/C/C=C/CCC(=O)O[C@H](COC(=O)CCCCCCCCCCCCCCCCCCCCCC)COP(=O)([O-])OCC[N+](C)(C)C. The second kappa shape index (κ2) is 44.9. The average Bonchev–Trinajstić information content (AvgIpc) is 3.24. The lowest BCUT2D eigenvalue weighted by molar-refractivity contribution is -0.870. The summed E-state index contributed by atoms with van der Waals surface area (Å²) in [7, 11) is 1.12. The summed E-state index contributed by atoms with van der Waals surface area (Å²) in [6, 6.07) is 0. The first-order chi connectivity index (χ1) is 30.5. The molecule has 0 aliphatic heterocycles.